The number of anilines is 1. The highest BCUT2D eigenvalue weighted by molar-refractivity contribution is 6.11. The molecule has 1 heterocycles. The van der Waals surface area contributed by atoms with Gasteiger partial charge in [0.05, 0.1) is 5.39 Å². The molecule has 16 heavy (non-hydrogen) atoms. The topological polar surface area (TPSA) is 104 Å². The molecule has 0 aliphatic rings. The van der Waals surface area contributed by atoms with Gasteiger partial charge in [-0.15, -0.1) is 0 Å². The van der Waals surface area contributed by atoms with Crippen LogP contribution in [0.2, 0.25) is 0 Å². The van der Waals surface area contributed by atoms with Crippen LogP contribution in [0.4, 0.5) is 15.4 Å². The minimum absolute atomic E-state index is 0.103. The number of rotatable bonds is 1. The largest absolute Gasteiger partial charge is 0.464 e. The highest BCUT2D eigenvalue weighted by Crippen LogP contribution is 2.25. The molecule has 2 amide bonds. The third-order valence-electron chi connectivity index (χ3n) is 1.95. The minimum atomic E-state index is -1.63. The standard InChI is InChI=1S/C9H6N2O5/c12-8(13)11(9(14)15)7-5-3-1-2-4-6(5)16-10-7/h1-4H,(H,12,13)(H,14,15). The van der Waals surface area contributed by atoms with Crippen molar-refractivity contribution in [2.45, 2.75) is 0 Å². The zero-order chi connectivity index (χ0) is 11.7. The third kappa shape index (κ3) is 1.44. The zero-order valence-corrected chi connectivity index (χ0v) is 7.82. The molecule has 2 rings (SSSR count). The van der Waals surface area contributed by atoms with Crippen molar-refractivity contribution in [3.63, 3.8) is 0 Å². The number of hydrogen-bond donors (Lipinski definition) is 2. The molecule has 2 aromatic rings. The SMILES string of the molecule is O=C(O)N(C(=O)O)c1noc2ccccc12. The molecular weight excluding hydrogens is 216 g/mol. The number of carbonyl (C=O) groups is 2. The predicted octanol–water partition coefficient (Wildman–Crippen LogP) is 1.99. The Bertz CT molecular complexity index is 548. The molecular formula is C9H6N2O5. The molecule has 0 saturated heterocycles. The summed E-state index contributed by atoms with van der Waals surface area (Å²) in [6.07, 6.45) is -3.27. The van der Waals surface area contributed by atoms with Crippen LogP contribution < -0.4 is 4.90 Å². The summed E-state index contributed by atoms with van der Waals surface area (Å²) in [4.78, 5) is 21.6. The molecule has 0 radical (unpaired) electrons. The highest BCUT2D eigenvalue weighted by atomic mass is 16.5. The lowest BCUT2D eigenvalue weighted by atomic mass is 10.2. The maximum atomic E-state index is 10.7. The number of hydrogen-bond acceptors (Lipinski definition) is 4. The van der Waals surface area contributed by atoms with Gasteiger partial charge in [0.25, 0.3) is 0 Å². The van der Waals surface area contributed by atoms with Crippen molar-refractivity contribution >= 4 is 29.0 Å². The van der Waals surface area contributed by atoms with E-state index in [1.54, 1.807) is 18.2 Å². The smallest absolute Gasteiger partial charge is 0.422 e. The number of imide groups is 1. The second-order valence-electron chi connectivity index (χ2n) is 2.90. The fourth-order valence-corrected chi connectivity index (χ4v) is 1.30. The van der Waals surface area contributed by atoms with Gasteiger partial charge in [-0.2, -0.15) is 4.90 Å². The fraction of sp³-hybridized carbons (Fsp3) is 0. The van der Waals surface area contributed by atoms with Gasteiger partial charge in [-0.1, -0.05) is 17.3 Å². The van der Waals surface area contributed by atoms with Crippen molar-refractivity contribution < 1.29 is 24.3 Å². The summed E-state index contributed by atoms with van der Waals surface area (Å²) < 4.78 is 4.81. The minimum Gasteiger partial charge on any atom is -0.464 e. The number of benzene rings is 1. The first-order valence-electron chi connectivity index (χ1n) is 4.21. The Morgan fingerprint density at radius 3 is 2.44 bits per heavy atom. The van der Waals surface area contributed by atoms with Crippen molar-refractivity contribution in [2.24, 2.45) is 0 Å². The quantitative estimate of drug-likeness (QED) is 0.764. The van der Waals surface area contributed by atoms with Gasteiger partial charge in [-0.05, 0) is 12.1 Å². The number of nitrogens with zero attached hydrogens (tertiary/aromatic N) is 2. The first-order valence-corrected chi connectivity index (χ1v) is 4.21. The van der Waals surface area contributed by atoms with Crippen molar-refractivity contribution in [2.75, 3.05) is 4.90 Å². The monoisotopic (exact) mass is 222 g/mol. The van der Waals surface area contributed by atoms with Crippen LogP contribution in [0.3, 0.4) is 0 Å². The summed E-state index contributed by atoms with van der Waals surface area (Å²) in [7, 11) is 0. The Balaban J connectivity index is 2.61. The lowest BCUT2D eigenvalue weighted by Crippen LogP contribution is -2.34. The molecule has 2 N–H and O–H groups in total. The van der Waals surface area contributed by atoms with E-state index in [0.717, 1.165) is 0 Å². The predicted molar refractivity (Wildman–Crippen MR) is 52.5 cm³/mol. The number of fused-ring (bicyclic) bond motifs is 1. The molecule has 0 aliphatic carbocycles. The Kier molecular flexibility index (Phi) is 2.20. The Hall–Kier alpha value is -2.57. The molecule has 7 nitrogen and oxygen atoms in total. The van der Waals surface area contributed by atoms with E-state index in [1.807, 2.05) is 0 Å². The fourth-order valence-electron chi connectivity index (χ4n) is 1.30. The van der Waals surface area contributed by atoms with Crippen molar-refractivity contribution in [3.05, 3.63) is 24.3 Å². The van der Waals surface area contributed by atoms with Crippen LogP contribution in [0.15, 0.2) is 28.8 Å². The number of amides is 2. The van der Waals surface area contributed by atoms with E-state index in [2.05, 4.69) is 5.16 Å². The second-order valence-corrected chi connectivity index (χ2v) is 2.90. The molecule has 0 bridgehead atoms. The molecule has 7 heteroatoms. The Labute approximate surface area is 88.5 Å². The average Bonchev–Trinajstić information content (AvgIpc) is 2.61. The van der Waals surface area contributed by atoms with E-state index >= 15 is 0 Å². The number of para-hydroxylation sites is 1. The normalized spacial score (nSPS) is 10.2. The van der Waals surface area contributed by atoms with Crippen LogP contribution in [0.5, 0.6) is 0 Å². The molecule has 0 fully saturated rings. The maximum Gasteiger partial charge on any atom is 0.422 e. The molecule has 82 valence electrons. The summed E-state index contributed by atoms with van der Waals surface area (Å²) in [5.41, 5.74) is 0.324. The molecule has 1 aromatic carbocycles. The maximum absolute atomic E-state index is 10.7. The van der Waals surface area contributed by atoms with Gasteiger partial charge in [0.15, 0.2) is 11.4 Å². The van der Waals surface area contributed by atoms with Gasteiger partial charge in [0.2, 0.25) is 0 Å². The van der Waals surface area contributed by atoms with Crippen molar-refractivity contribution in [1.29, 1.82) is 0 Å². The van der Waals surface area contributed by atoms with Crippen molar-refractivity contribution in [3.8, 4) is 0 Å². The van der Waals surface area contributed by atoms with E-state index in [9.17, 15) is 9.59 Å². The van der Waals surface area contributed by atoms with Gasteiger partial charge in [-0.25, -0.2) is 9.59 Å². The van der Waals surface area contributed by atoms with E-state index in [1.165, 1.54) is 6.07 Å². The van der Waals surface area contributed by atoms with Crippen LogP contribution in [0.1, 0.15) is 0 Å². The first-order chi connectivity index (χ1) is 7.61. The van der Waals surface area contributed by atoms with E-state index in [-0.39, 0.29) is 10.7 Å². The third-order valence-corrected chi connectivity index (χ3v) is 1.95. The van der Waals surface area contributed by atoms with Crippen molar-refractivity contribution in [1.82, 2.24) is 5.16 Å². The van der Waals surface area contributed by atoms with E-state index in [0.29, 0.717) is 11.0 Å². The Morgan fingerprint density at radius 2 is 1.81 bits per heavy atom. The summed E-state index contributed by atoms with van der Waals surface area (Å²) >= 11 is 0. The lowest BCUT2D eigenvalue weighted by molar-refractivity contribution is 0.183. The number of aromatic nitrogens is 1. The van der Waals surface area contributed by atoms with E-state index < -0.39 is 12.2 Å². The van der Waals surface area contributed by atoms with Crippen LogP contribution >= 0.6 is 0 Å². The van der Waals surface area contributed by atoms with Crippen LogP contribution in [-0.2, 0) is 0 Å². The first kappa shape index (κ1) is 9.97. The van der Waals surface area contributed by atoms with Gasteiger partial charge in [-0.3, -0.25) is 0 Å². The molecule has 1 aromatic heterocycles. The van der Waals surface area contributed by atoms with E-state index in [4.69, 9.17) is 14.7 Å². The van der Waals surface area contributed by atoms with Gasteiger partial charge < -0.3 is 14.7 Å². The van der Waals surface area contributed by atoms with Crippen LogP contribution in [0, 0.1) is 0 Å². The van der Waals surface area contributed by atoms with Gasteiger partial charge in [0, 0.05) is 0 Å². The molecule has 0 unspecified atom stereocenters. The molecule has 0 spiro atoms. The van der Waals surface area contributed by atoms with Gasteiger partial charge >= 0.3 is 12.2 Å². The molecule has 0 aliphatic heterocycles. The zero-order valence-electron chi connectivity index (χ0n) is 7.82. The lowest BCUT2D eigenvalue weighted by Gasteiger charge is -2.08. The van der Waals surface area contributed by atoms with Gasteiger partial charge in [0.1, 0.15) is 0 Å². The molecule has 0 atom stereocenters. The average molecular weight is 222 g/mol. The van der Waals surface area contributed by atoms with Crippen LogP contribution in [-0.4, -0.2) is 27.6 Å². The number of carboxylic acid groups (broad SMARTS) is 2. The summed E-state index contributed by atoms with van der Waals surface area (Å²) in [5.74, 6) is -0.254. The summed E-state index contributed by atoms with van der Waals surface area (Å²) in [6.45, 7) is 0. The second kappa shape index (κ2) is 3.54. The molecule has 0 saturated carbocycles. The van der Waals surface area contributed by atoms with Crippen LogP contribution in [0.25, 0.3) is 11.0 Å². The Morgan fingerprint density at radius 1 is 1.19 bits per heavy atom. The summed E-state index contributed by atoms with van der Waals surface area (Å²) in [5, 5.41) is 21.2. The summed E-state index contributed by atoms with van der Waals surface area (Å²) in [6, 6.07) is 6.39. The highest BCUT2D eigenvalue weighted by Gasteiger charge is 2.27.